The minimum absolute atomic E-state index is 0.0357. The SMILES string of the molecule is Cc1cc(F)cc(C)c1Oc1ccc(C(C)(C)O)cc1-c1cn(C)c(=O)c2cc(C(=O)NC3(C(F)(F)F)CC3)sc12. The summed E-state index contributed by atoms with van der Waals surface area (Å²) in [4.78, 5) is 26.0. The van der Waals surface area contributed by atoms with E-state index in [-0.39, 0.29) is 23.1 Å². The molecule has 0 bridgehead atoms. The van der Waals surface area contributed by atoms with Gasteiger partial charge in [-0.05, 0) is 87.6 Å². The number of rotatable bonds is 6. The van der Waals surface area contributed by atoms with Crippen LogP contribution in [0.4, 0.5) is 17.6 Å². The normalized spacial score (nSPS) is 14.8. The molecule has 0 saturated heterocycles. The Hall–Kier alpha value is -3.70. The monoisotopic (exact) mass is 588 g/mol. The Labute approximate surface area is 237 Å². The largest absolute Gasteiger partial charge is 0.456 e. The van der Waals surface area contributed by atoms with E-state index in [0.717, 1.165) is 11.3 Å². The van der Waals surface area contributed by atoms with E-state index in [4.69, 9.17) is 4.74 Å². The van der Waals surface area contributed by atoms with Gasteiger partial charge >= 0.3 is 6.18 Å². The van der Waals surface area contributed by atoms with Gasteiger partial charge in [0.15, 0.2) is 0 Å². The predicted molar refractivity (Wildman–Crippen MR) is 149 cm³/mol. The zero-order chi connectivity index (χ0) is 30.1. The van der Waals surface area contributed by atoms with Crippen LogP contribution in [-0.4, -0.2) is 27.3 Å². The summed E-state index contributed by atoms with van der Waals surface area (Å²) in [6, 6.07) is 9.03. The fraction of sp³-hybridized carbons (Fsp3) is 0.333. The van der Waals surface area contributed by atoms with E-state index >= 15 is 0 Å². The van der Waals surface area contributed by atoms with Crippen molar-refractivity contribution >= 4 is 27.3 Å². The van der Waals surface area contributed by atoms with Gasteiger partial charge in [0.1, 0.15) is 22.9 Å². The van der Waals surface area contributed by atoms with Gasteiger partial charge in [0.05, 0.1) is 20.6 Å². The standard InChI is InChI=1S/C30H28F4N2O4S/c1-15-10-18(31)11-16(2)24(15)40-22-7-6-17(28(3,4)39)12-19(22)21-14-36(5)27(38)20-13-23(41-25(20)21)26(37)35-29(8-9-29)30(32,33)34/h6-7,10-14,39H,8-9H2,1-5H3,(H,35,37). The average molecular weight is 589 g/mol. The van der Waals surface area contributed by atoms with E-state index < -0.39 is 34.6 Å². The number of alkyl halides is 3. The molecule has 0 unspecified atom stereocenters. The predicted octanol–water partition coefficient (Wildman–Crippen LogP) is 6.87. The smallest absolute Gasteiger partial charge is 0.411 e. The molecule has 5 rings (SSSR count). The molecule has 1 aliphatic rings. The van der Waals surface area contributed by atoms with E-state index in [1.165, 1.54) is 29.8 Å². The number of fused-ring (bicyclic) bond motifs is 1. The summed E-state index contributed by atoms with van der Waals surface area (Å²) >= 11 is 0.905. The number of aliphatic hydroxyl groups is 1. The Morgan fingerprint density at radius 3 is 2.27 bits per heavy atom. The van der Waals surface area contributed by atoms with Crippen LogP contribution in [0.2, 0.25) is 0 Å². The van der Waals surface area contributed by atoms with Crippen molar-refractivity contribution in [2.45, 2.75) is 57.9 Å². The fourth-order valence-electron chi connectivity index (χ4n) is 4.82. The van der Waals surface area contributed by atoms with Gasteiger partial charge in [-0.1, -0.05) is 6.07 Å². The molecule has 11 heteroatoms. The summed E-state index contributed by atoms with van der Waals surface area (Å²) < 4.78 is 62.4. The first-order chi connectivity index (χ1) is 19.0. The van der Waals surface area contributed by atoms with E-state index in [1.807, 2.05) is 0 Å². The average Bonchev–Trinajstić information content (AvgIpc) is 3.52. The number of halogens is 4. The number of benzene rings is 2. The highest BCUT2D eigenvalue weighted by atomic mass is 32.1. The third-order valence-electron chi connectivity index (χ3n) is 7.33. The van der Waals surface area contributed by atoms with Crippen molar-refractivity contribution in [3.8, 4) is 22.6 Å². The molecule has 2 N–H and O–H groups in total. The highest BCUT2D eigenvalue weighted by Gasteiger charge is 2.64. The summed E-state index contributed by atoms with van der Waals surface area (Å²) in [5, 5.41) is 13.0. The topological polar surface area (TPSA) is 80.6 Å². The molecule has 0 radical (unpaired) electrons. The first-order valence-corrected chi connectivity index (χ1v) is 13.7. The Kier molecular flexibility index (Phi) is 6.81. The van der Waals surface area contributed by atoms with Gasteiger partial charge in [-0.25, -0.2) is 4.39 Å². The molecule has 0 atom stereocenters. The molecule has 41 heavy (non-hydrogen) atoms. The molecule has 2 aromatic heterocycles. The van der Waals surface area contributed by atoms with Crippen LogP contribution in [0.3, 0.4) is 0 Å². The van der Waals surface area contributed by atoms with Gasteiger partial charge in [-0.3, -0.25) is 9.59 Å². The number of pyridine rings is 1. The summed E-state index contributed by atoms with van der Waals surface area (Å²) in [6.07, 6.45) is -3.43. The molecule has 2 heterocycles. The molecule has 4 aromatic rings. The fourth-order valence-corrected chi connectivity index (χ4v) is 5.89. The molecule has 1 aliphatic carbocycles. The van der Waals surface area contributed by atoms with Crippen LogP contribution in [0.5, 0.6) is 11.5 Å². The number of aryl methyl sites for hydroxylation is 3. The molecule has 216 valence electrons. The first-order valence-electron chi connectivity index (χ1n) is 12.8. The molecule has 0 spiro atoms. The lowest BCUT2D eigenvalue weighted by Crippen LogP contribution is -2.47. The first kappa shape index (κ1) is 28.8. The number of ether oxygens (including phenoxy) is 1. The lowest BCUT2D eigenvalue weighted by molar-refractivity contribution is -0.163. The van der Waals surface area contributed by atoms with E-state index in [2.05, 4.69) is 5.32 Å². The number of thiophene rings is 1. The molecular weight excluding hydrogens is 560 g/mol. The van der Waals surface area contributed by atoms with Crippen LogP contribution in [0.1, 0.15) is 53.1 Å². The van der Waals surface area contributed by atoms with Crippen molar-refractivity contribution in [2.75, 3.05) is 0 Å². The zero-order valence-electron chi connectivity index (χ0n) is 23.0. The van der Waals surface area contributed by atoms with Crippen molar-refractivity contribution in [3.05, 3.63) is 80.3 Å². The number of nitrogens with zero attached hydrogens (tertiary/aromatic N) is 1. The van der Waals surface area contributed by atoms with Gasteiger partial charge < -0.3 is 19.7 Å². The molecule has 6 nitrogen and oxygen atoms in total. The third-order valence-corrected chi connectivity index (χ3v) is 8.50. The molecule has 1 fully saturated rings. The minimum atomic E-state index is -4.58. The summed E-state index contributed by atoms with van der Waals surface area (Å²) in [5.41, 5.74) is -1.34. The Morgan fingerprint density at radius 1 is 1.07 bits per heavy atom. The maximum absolute atomic E-state index is 14.0. The van der Waals surface area contributed by atoms with Crippen LogP contribution < -0.4 is 15.6 Å². The second kappa shape index (κ2) is 9.70. The minimum Gasteiger partial charge on any atom is -0.456 e. The molecular formula is C30H28F4N2O4S. The number of amides is 1. The summed E-state index contributed by atoms with van der Waals surface area (Å²) in [6.45, 7) is 6.63. The quantitative estimate of drug-likeness (QED) is 0.241. The van der Waals surface area contributed by atoms with E-state index in [9.17, 15) is 32.3 Å². The van der Waals surface area contributed by atoms with Crippen LogP contribution in [0.15, 0.2) is 47.4 Å². The highest BCUT2D eigenvalue weighted by Crippen LogP contribution is 2.49. The van der Waals surface area contributed by atoms with Gasteiger partial charge in [-0.2, -0.15) is 13.2 Å². The number of aromatic nitrogens is 1. The van der Waals surface area contributed by atoms with Gasteiger partial charge in [0.25, 0.3) is 11.5 Å². The maximum atomic E-state index is 14.0. The summed E-state index contributed by atoms with van der Waals surface area (Å²) in [7, 11) is 1.53. The van der Waals surface area contributed by atoms with Crippen LogP contribution >= 0.6 is 11.3 Å². The Balaban J connectivity index is 1.68. The highest BCUT2D eigenvalue weighted by molar-refractivity contribution is 7.21. The van der Waals surface area contributed by atoms with Crippen molar-refractivity contribution in [1.29, 1.82) is 0 Å². The van der Waals surface area contributed by atoms with Crippen LogP contribution in [0, 0.1) is 19.7 Å². The number of carbonyl (C=O) groups is 1. The molecule has 0 aliphatic heterocycles. The van der Waals surface area contributed by atoms with Gasteiger partial charge in [0, 0.05) is 24.4 Å². The van der Waals surface area contributed by atoms with E-state index in [0.29, 0.717) is 44.0 Å². The van der Waals surface area contributed by atoms with Crippen LogP contribution in [-0.2, 0) is 12.6 Å². The number of nitrogens with one attached hydrogen (secondary N) is 1. The van der Waals surface area contributed by atoms with Crippen molar-refractivity contribution in [3.63, 3.8) is 0 Å². The number of hydrogen-bond donors (Lipinski definition) is 2. The van der Waals surface area contributed by atoms with Crippen LogP contribution in [0.25, 0.3) is 21.2 Å². The number of carbonyl (C=O) groups excluding carboxylic acids is 1. The lowest BCUT2D eigenvalue weighted by Gasteiger charge is -2.22. The lowest BCUT2D eigenvalue weighted by atomic mass is 9.93. The van der Waals surface area contributed by atoms with Crippen molar-refractivity contribution < 1.29 is 32.2 Å². The second-order valence-electron chi connectivity index (χ2n) is 11.1. The second-order valence-corrected chi connectivity index (χ2v) is 12.1. The van der Waals surface area contributed by atoms with Crippen molar-refractivity contribution in [1.82, 2.24) is 9.88 Å². The van der Waals surface area contributed by atoms with Gasteiger partial charge in [0.2, 0.25) is 0 Å². The molecule has 2 aromatic carbocycles. The summed E-state index contributed by atoms with van der Waals surface area (Å²) in [5.74, 6) is -0.553. The molecule has 1 amide bonds. The Bertz CT molecular complexity index is 1740. The maximum Gasteiger partial charge on any atom is 0.411 e. The van der Waals surface area contributed by atoms with E-state index in [1.54, 1.807) is 52.1 Å². The third kappa shape index (κ3) is 5.24. The Morgan fingerprint density at radius 2 is 1.71 bits per heavy atom. The van der Waals surface area contributed by atoms with Gasteiger partial charge in [-0.15, -0.1) is 11.3 Å². The zero-order valence-corrected chi connectivity index (χ0v) is 23.8. The molecule has 1 saturated carbocycles. The van der Waals surface area contributed by atoms with Crippen molar-refractivity contribution in [2.24, 2.45) is 7.05 Å². The number of hydrogen-bond acceptors (Lipinski definition) is 5.